The number of para-hydroxylation sites is 1. The number of methoxy groups -OCH3 is 1. The van der Waals surface area contributed by atoms with Gasteiger partial charge in [-0.25, -0.2) is 4.79 Å². The summed E-state index contributed by atoms with van der Waals surface area (Å²) in [5.41, 5.74) is 3.64. The predicted molar refractivity (Wildman–Crippen MR) is 68.1 cm³/mol. The van der Waals surface area contributed by atoms with Crippen LogP contribution in [0.25, 0.3) is 10.9 Å². The number of carbonyl (C=O) groups is 1. The summed E-state index contributed by atoms with van der Waals surface area (Å²) in [6, 6.07) is 8.37. The van der Waals surface area contributed by atoms with Gasteiger partial charge < -0.3 is 15.0 Å². The molecule has 1 aromatic carbocycles. The molecule has 2 atom stereocenters. The minimum Gasteiger partial charge on any atom is -0.465 e. The molecule has 0 radical (unpaired) electrons. The second kappa shape index (κ2) is 4.14. The Morgan fingerprint density at radius 2 is 2.22 bits per heavy atom. The summed E-state index contributed by atoms with van der Waals surface area (Å²) in [5, 5.41) is 3.30. The number of hydrogen-bond donors (Lipinski definition) is 2. The quantitative estimate of drug-likeness (QED) is 0.733. The smallest absolute Gasteiger partial charge is 0.364 e. The highest BCUT2D eigenvalue weighted by molar-refractivity contribution is 5.86. The number of nitrogens with one attached hydrogen (secondary N) is 1. The number of rotatable bonds is 1. The zero-order chi connectivity index (χ0) is 12.7. The van der Waals surface area contributed by atoms with Crippen LogP contribution in [0.1, 0.15) is 24.2 Å². The van der Waals surface area contributed by atoms with Crippen LogP contribution in [-0.4, -0.2) is 24.1 Å². The summed E-state index contributed by atoms with van der Waals surface area (Å²) in [7, 11) is 1.45. The molecule has 0 saturated heterocycles. The van der Waals surface area contributed by atoms with Gasteiger partial charge in [0.1, 0.15) is 6.04 Å². The van der Waals surface area contributed by atoms with Crippen molar-refractivity contribution in [2.45, 2.75) is 25.4 Å². The van der Waals surface area contributed by atoms with E-state index >= 15 is 0 Å². The van der Waals surface area contributed by atoms with Gasteiger partial charge in [-0.1, -0.05) is 18.2 Å². The average molecular weight is 245 g/mol. The zero-order valence-electron chi connectivity index (χ0n) is 10.6. The Morgan fingerprint density at radius 3 is 3.00 bits per heavy atom. The molecule has 0 amide bonds. The molecule has 1 aliphatic heterocycles. The van der Waals surface area contributed by atoms with E-state index in [1.165, 1.54) is 23.8 Å². The third kappa shape index (κ3) is 1.61. The fourth-order valence-corrected chi connectivity index (χ4v) is 2.88. The first kappa shape index (κ1) is 11.3. The number of nitrogens with two attached hydrogens (primary N) is 1. The highest BCUT2D eigenvalue weighted by Crippen LogP contribution is 2.28. The zero-order valence-corrected chi connectivity index (χ0v) is 10.6. The fraction of sp³-hybridized carbons (Fsp3) is 0.357. The number of benzene rings is 1. The van der Waals surface area contributed by atoms with Crippen molar-refractivity contribution in [2.75, 3.05) is 7.11 Å². The van der Waals surface area contributed by atoms with Gasteiger partial charge in [-0.15, -0.1) is 0 Å². The monoisotopic (exact) mass is 245 g/mol. The van der Waals surface area contributed by atoms with E-state index in [0.717, 1.165) is 11.9 Å². The number of aromatic nitrogens is 1. The molecular formula is C14H17N2O2+. The van der Waals surface area contributed by atoms with Gasteiger partial charge in [0.2, 0.25) is 0 Å². The van der Waals surface area contributed by atoms with Crippen LogP contribution in [0.2, 0.25) is 0 Å². The summed E-state index contributed by atoms with van der Waals surface area (Å²) < 4.78 is 4.86. The van der Waals surface area contributed by atoms with Gasteiger partial charge >= 0.3 is 5.97 Å². The van der Waals surface area contributed by atoms with Crippen molar-refractivity contribution >= 4 is 16.9 Å². The topological polar surface area (TPSA) is 58.7 Å². The van der Waals surface area contributed by atoms with Gasteiger partial charge in [0.15, 0.2) is 6.04 Å². The highest BCUT2D eigenvalue weighted by atomic mass is 16.5. The van der Waals surface area contributed by atoms with Crippen molar-refractivity contribution in [2.24, 2.45) is 0 Å². The third-order valence-corrected chi connectivity index (χ3v) is 3.75. The first-order chi connectivity index (χ1) is 8.70. The van der Waals surface area contributed by atoms with E-state index in [-0.39, 0.29) is 18.1 Å². The number of fused-ring (bicyclic) bond motifs is 3. The van der Waals surface area contributed by atoms with E-state index in [4.69, 9.17) is 4.74 Å². The molecule has 2 heterocycles. The molecule has 0 bridgehead atoms. The first-order valence-corrected chi connectivity index (χ1v) is 6.23. The summed E-state index contributed by atoms with van der Waals surface area (Å²) in [4.78, 5) is 15.2. The number of hydrogen-bond acceptors (Lipinski definition) is 2. The molecule has 0 aliphatic carbocycles. The minimum absolute atomic E-state index is 0.128. The molecule has 2 aromatic rings. The Bertz CT molecular complexity index is 603. The molecule has 1 aromatic heterocycles. The molecule has 0 unspecified atom stereocenters. The molecular weight excluding hydrogens is 228 g/mol. The minimum atomic E-state index is -0.141. The second-order valence-electron chi connectivity index (χ2n) is 4.88. The Kier molecular flexibility index (Phi) is 2.59. The van der Waals surface area contributed by atoms with Gasteiger partial charge in [-0.3, -0.25) is 0 Å². The van der Waals surface area contributed by atoms with Crippen molar-refractivity contribution in [3.05, 3.63) is 35.5 Å². The second-order valence-corrected chi connectivity index (χ2v) is 4.88. The van der Waals surface area contributed by atoms with Crippen LogP contribution in [0, 0.1) is 0 Å². The van der Waals surface area contributed by atoms with Crippen LogP contribution >= 0.6 is 0 Å². The van der Waals surface area contributed by atoms with Crippen molar-refractivity contribution in [1.29, 1.82) is 0 Å². The highest BCUT2D eigenvalue weighted by Gasteiger charge is 2.34. The summed E-state index contributed by atoms with van der Waals surface area (Å²) in [6.07, 6.45) is 0.732. The van der Waals surface area contributed by atoms with Crippen LogP contribution in [0.15, 0.2) is 24.3 Å². The normalized spacial score (nSPS) is 22.8. The van der Waals surface area contributed by atoms with Gasteiger partial charge in [0.05, 0.1) is 12.8 Å². The van der Waals surface area contributed by atoms with Crippen molar-refractivity contribution in [3.8, 4) is 0 Å². The number of ether oxygens (including phenoxy) is 1. The molecule has 0 fully saturated rings. The largest absolute Gasteiger partial charge is 0.465 e. The van der Waals surface area contributed by atoms with Gasteiger partial charge in [-0.05, 0) is 18.6 Å². The van der Waals surface area contributed by atoms with Crippen LogP contribution in [0.3, 0.4) is 0 Å². The van der Waals surface area contributed by atoms with E-state index in [9.17, 15) is 4.79 Å². The molecule has 1 aliphatic rings. The number of carbonyl (C=O) groups excluding carboxylic acids is 1. The first-order valence-electron chi connectivity index (χ1n) is 6.23. The van der Waals surface area contributed by atoms with Crippen molar-refractivity contribution in [1.82, 2.24) is 4.98 Å². The lowest BCUT2D eigenvalue weighted by Crippen LogP contribution is -2.94. The lowest BCUT2D eigenvalue weighted by molar-refractivity contribution is -0.718. The average Bonchev–Trinajstić information content (AvgIpc) is 2.77. The van der Waals surface area contributed by atoms with Crippen molar-refractivity contribution < 1.29 is 14.8 Å². The van der Waals surface area contributed by atoms with E-state index in [1.807, 2.05) is 12.1 Å². The van der Waals surface area contributed by atoms with E-state index in [2.05, 4.69) is 29.4 Å². The van der Waals surface area contributed by atoms with E-state index in [0.29, 0.717) is 0 Å². The van der Waals surface area contributed by atoms with Crippen molar-refractivity contribution in [3.63, 3.8) is 0 Å². The maximum atomic E-state index is 11.7. The number of quaternary nitrogens is 1. The predicted octanol–water partition coefficient (Wildman–Crippen LogP) is 0.890. The summed E-state index contributed by atoms with van der Waals surface area (Å²) in [5.74, 6) is -0.141. The van der Waals surface area contributed by atoms with E-state index in [1.54, 1.807) is 0 Å². The van der Waals surface area contributed by atoms with Crippen LogP contribution < -0.4 is 5.32 Å². The maximum absolute atomic E-state index is 11.7. The van der Waals surface area contributed by atoms with E-state index < -0.39 is 0 Å². The van der Waals surface area contributed by atoms with Crippen LogP contribution in [0.4, 0.5) is 0 Å². The molecule has 4 heteroatoms. The van der Waals surface area contributed by atoms with Gasteiger partial charge in [0.25, 0.3) is 0 Å². The lowest BCUT2D eigenvalue weighted by Gasteiger charge is -2.24. The number of esters is 1. The summed E-state index contributed by atoms with van der Waals surface area (Å²) >= 11 is 0. The SMILES string of the molecule is COC(=O)[C@H]1Cc2c([nH]c3ccccc23)[C@@H](C)[NH2+]1. The molecule has 3 rings (SSSR count). The molecule has 0 spiro atoms. The lowest BCUT2D eigenvalue weighted by atomic mass is 9.95. The third-order valence-electron chi connectivity index (χ3n) is 3.75. The number of aromatic amines is 1. The Labute approximate surface area is 105 Å². The van der Waals surface area contributed by atoms with Crippen LogP contribution in [0.5, 0.6) is 0 Å². The molecule has 3 N–H and O–H groups in total. The molecule has 0 saturated carbocycles. The number of H-pyrrole nitrogens is 1. The maximum Gasteiger partial charge on any atom is 0.364 e. The molecule has 94 valence electrons. The Hall–Kier alpha value is -1.81. The Balaban J connectivity index is 2.09. The fourth-order valence-electron chi connectivity index (χ4n) is 2.88. The molecule has 4 nitrogen and oxygen atoms in total. The van der Waals surface area contributed by atoms with Crippen LogP contribution in [-0.2, 0) is 16.0 Å². The standard InChI is InChI=1S/C14H16N2O2/c1-8-13-10(7-12(15-8)14(17)18-2)9-5-3-4-6-11(9)16-13/h3-6,8,12,15-16H,7H2,1-2H3/p+1/t8-,12-/m1/s1. The summed E-state index contributed by atoms with van der Waals surface area (Å²) in [6.45, 7) is 2.11. The Morgan fingerprint density at radius 1 is 1.44 bits per heavy atom. The van der Waals surface area contributed by atoms with Gasteiger partial charge in [0, 0.05) is 17.3 Å². The molecule has 18 heavy (non-hydrogen) atoms. The van der Waals surface area contributed by atoms with Gasteiger partial charge in [-0.2, -0.15) is 0 Å².